The molecule has 0 aliphatic heterocycles. The Labute approximate surface area is 189 Å². The Morgan fingerprint density at radius 1 is 0.839 bits per heavy atom. The van der Waals surface area contributed by atoms with Gasteiger partial charge in [0.05, 0.1) is 7.11 Å². The number of benzene rings is 2. The zero-order valence-corrected chi connectivity index (χ0v) is 20.1. The van der Waals surface area contributed by atoms with Gasteiger partial charge in [-0.3, -0.25) is 0 Å². The Morgan fingerprint density at radius 2 is 1.58 bits per heavy atom. The molecule has 2 aromatic rings. The van der Waals surface area contributed by atoms with Crippen molar-refractivity contribution in [3.05, 3.63) is 59.2 Å². The normalized spacial score (nSPS) is 11.1. The van der Waals surface area contributed by atoms with Gasteiger partial charge in [0.2, 0.25) is 0 Å². The average Bonchev–Trinajstić information content (AvgIpc) is 2.79. The van der Waals surface area contributed by atoms with Gasteiger partial charge in [-0.25, -0.2) is 0 Å². The predicted molar refractivity (Wildman–Crippen MR) is 131 cm³/mol. The van der Waals surface area contributed by atoms with E-state index < -0.39 is 0 Å². The maximum atomic E-state index is 6.01. The molecular formula is C27H42N2O2. The monoisotopic (exact) mass is 426 g/mol. The summed E-state index contributed by atoms with van der Waals surface area (Å²) in [6.45, 7) is 12.7. The predicted octanol–water partition coefficient (Wildman–Crippen LogP) is 5.96. The smallest absolute Gasteiger partial charge is 0.161 e. The molecule has 0 saturated heterocycles. The molecule has 31 heavy (non-hydrogen) atoms. The van der Waals surface area contributed by atoms with E-state index in [9.17, 15) is 0 Å². The number of nitrogens with zero attached hydrogens (tertiary/aromatic N) is 1. The molecule has 2 rings (SSSR count). The summed E-state index contributed by atoms with van der Waals surface area (Å²) in [7, 11) is 1.70. The van der Waals surface area contributed by atoms with Gasteiger partial charge in [0.15, 0.2) is 11.5 Å². The van der Waals surface area contributed by atoms with E-state index in [1.165, 1.54) is 68.4 Å². The van der Waals surface area contributed by atoms with Gasteiger partial charge in [0, 0.05) is 6.54 Å². The first-order chi connectivity index (χ1) is 15.2. The van der Waals surface area contributed by atoms with E-state index in [1.54, 1.807) is 7.11 Å². The number of ether oxygens (including phenoxy) is 2. The highest BCUT2D eigenvalue weighted by Crippen LogP contribution is 2.29. The second kappa shape index (κ2) is 14.9. The molecule has 1 N–H and O–H groups in total. The number of rotatable bonds is 16. The van der Waals surface area contributed by atoms with Gasteiger partial charge < -0.3 is 19.7 Å². The van der Waals surface area contributed by atoms with E-state index in [-0.39, 0.29) is 0 Å². The highest BCUT2D eigenvalue weighted by atomic mass is 16.5. The van der Waals surface area contributed by atoms with Crippen LogP contribution in [-0.2, 0) is 13.2 Å². The molecule has 0 aliphatic carbocycles. The zero-order chi connectivity index (χ0) is 22.3. The summed E-state index contributed by atoms with van der Waals surface area (Å²) in [6.07, 6.45) is 6.33. The van der Waals surface area contributed by atoms with Gasteiger partial charge in [0.1, 0.15) is 6.61 Å². The molecule has 0 fully saturated rings. The Bertz CT molecular complexity index is 740. The molecular weight excluding hydrogens is 384 g/mol. The summed E-state index contributed by atoms with van der Waals surface area (Å²) in [6, 6.07) is 14.6. The third-order valence-corrected chi connectivity index (χ3v) is 5.52. The quantitative estimate of drug-likeness (QED) is 0.336. The van der Waals surface area contributed by atoms with Gasteiger partial charge >= 0.3 is 0 Å². The molecule has 0 bridgehead atoms. The first-order valence-corrected chi connectivity index (χ1v) is 11.9. The number of aryl methyl sites for hydroxylation is 1. The summed E-state index contributed by atoms with van der Waals surface area (Å²) >= 11 is 0. The standard InChI is InChI=1S/C27H42N2O2/c1-5-7-16-29(17-8-6-2)18-10-15-28-21-24-13-14-26(27(20-24)30-4)31-22-25-12-9-11-23(3)19-25/h9,11-14,19-20,28H,5-8,10,15-18,21-22H2,1-4H3. The molecule has 4 nitrogen and oxygen atoms in total. The van der Waals surface area contributed by atoms with E-state index in [2.05, 4.69) is 67.4 Å². The summed E-state index contributed by atoms with van der Waals surface area (Å²) < 4.78 is 11.6. The second-order valence-corrected chi connectivity index (χ2v) is 8.34. The molecule has 172 valence electrons. The van der Waals surface area contributed by atoms with Gasteiger partial charge in [-0.15, -0.1) is 0 Å². The number of nitrogens with one attached hydrogen (secondary N) is 1. The molecule has 0 aliphatic rings. The Morgan fingerprint density at radius 3 is 2.26 bits per heavy atom. The zero-order valence-electron chi connectivity index (χ0n) is 20.1. The molecule has 4 heteroatoms. The van der Waals surface area contributed by atoms with Gasteiger partial charge in [-0.2, -0.15) is 0 Å². The molecule has 0 amide bonds. The first-order valence-electron chi connectivity index (χ1n) is 11.9. The van der Waals surface area contributed by atoms with Crippen molar-refractivity contribution in [1.29, 1.82) is 0 Å². The van der Waals surface area contributed by atoms with E-state index in [4.69, 9.17) is 9.47 Å². The third kappa shape index (κ3) is 9.75. The van der Waals surface area contributed by atoms with Crippen LogP contribution < -0.4 is 14.8 Å². The van der Waals surface area contributed by atoms with Crippen molar-refractivity contribution in [3.63, 3.8) is 0 Å². The van der Waals surface area contributed by atoms with E-state index in [0.717, 1.165) is 24.6 Å². The lowest BCUT2D eigenvalue weighted by Crippen LogP contribution is -2.29. The van der Waals surface area contributed by atoms with Crippen LogP contribution in [0.2, 0.25) is 0 Å². The van der Waals surface area contributed by atoms with E-state index in [1.807, 2.05) is 6.07 Å². The van der Waals surface area contributed by atoms with Crippen molar-refractivity contribution in [1.82, 2.24) is 10.2 Å². The number of unbranched alkanes of at least 4 members (excludes halogenated alkanes) is 2. The molecule has 0 radical (unpaired) electrons. The molecule has 0 atom stereocenters. The highest BCUT2D eigenvalue weighted by molar-refractivity contribution is 5.43. The van der Waals surface area contributed by atoms with Crippen LogP contribution >= 0.6 is 0 Å². The summed E-state index contributed by atoms with van der Waals surface area (Å²) in [4.78, 5) is 2.62. The summed E-state index contributed by atoms with van der Waals surface area (Å²) in [5.74, 6) is 1.58. The van der Waals surface area contributed by atoms with Crippen LogP contribution in [0.25, 0.3) is 0 Å². The van der Waals surface area contributed by atoms with Crippen LogP contribution in [0, 0.1) is 6.92 Å². The molecule has 0 unspecified atom stereocenters. The van der Waals surface area contributed by atoms with Crippen LogP contribution in [0.3, 0.4) is 0 Å². The molecule has 0 spiro atoms. The van der Waals surface area contributed by atoms with Crippen LogP contribution in [-0.4, -0.2) is 38.2 Å². The van der Waals surface area contributed by atoms with Crippen LogP contribution in [0.1, 0.15) is 62.6 Å². The molecule has 0 saturated carbocycles. The summed E-state index contributed by atoms with van der Waals surface area (Å²) in [5.41, 5.74) is 3.63. The van der Waals surface area contributed by atoms with Crippen LogP contribution in [0.15, 0.2) is 42.5 Å². The van der Waals surface area contributed by atoms with Crippen LogP contribution in [0.5, 0.6) is 11.5 Å². The minimum absolute atomic E-state index is 0.544. The Kier molecular flexibility index (Phi) is 12.1. The van der Waals surface area contributed by atoms with E-state index >= 15 is 0 Å². The number of hydrogen-bond donors (Lipinski definition) is 1. The van der Waals surface area contributed by atoms with Crippen molar-refractivity contribution in [2.24, 2.45) is 0 Å². The van der Waals surface area contributed by atoms with E-state index in [0.29, 0.717) is 6.61 Å². The van der Waals surface area contributed by atoms with Crippen molar-refractivity contribution in [2.45, 2.75) is 66.0 Å². The molecule has 0 heterocycles. The fourth-order valence-electron chi connectivity index (χ4n) is 3.66. The van der Waals surface area contributed by atoms with Crippen molar-refractivity contribution < 1.29 is 9.47 Å². The topological polar surface area (TPSA) is 33.7 Å². The van der Waals surface area contributed by atoms with Crippen molar-refractivity contribution in [3.8, 4) is 11.5 Å². The largest absolute Gasteiger partial charge is 0.493 e. The number of methoxy groups -OCH3 is 1. The maximum absolute atomic E-state index is 6.01. The molecule has 2 aromatic carbocycles. The number of hydrogen-bond acceptors (Lipinski definition) is 4. The van der Waals surface area contributed by atoms with Gasteiger partial charge in [0.25, 0.3) is 0 Å². The van der Waals surface area contributed by atoms with Crippen LogP contribution in [0.4, 0.5) is 0 Å². The van der Waals surface area contributed by atoms with Crippen molar-refractivity contribution >= 4 is 0 Å². The lowest BCUT2D eigenvalue weighted by atomic mass is 10.1. The fourth-order valence-corrected chi connectivity index (χ4v) is 3.66. The van der Waals surface area contributed by atoms with Gasteiger partial charge in [-0.05, 0) is 75.6 Å². The molecule has 0 aromatic heterocycles. The first kappa shape index (κ1) is 25.2. The highest BCUT2D eigenvalue weighted by Gasteiger charge is 2.07. The van der Waals surface area contributed by atoms with Gasteiger partial charge in [-0.1, -0.05) is 62.6 Å². The minimum Gasteiger partial charge on any atom is -0.493 e. The minimum atomic E-state index is 0.544. The maximum Gasteiger partial charge on any atom is 0.161 e. The Balaban J connectivity index is 1.76. The summed E-state index contributed by atoms with van der Waals surface area (Å²) in [5, 5.41) is 3.58. The average molecular weight is 427 g/mol. The fraction of sp³-hybridized carbons (Fsp3) is 0.556. The lowest BCUT2D eigenvalue weighted by molar-refractivity contribution is 0.261. The SMILES string of the molecule is CCCCN(CCCC)CCCNCc1ccc(OCc2cccc(C)c2)c(OC)c1. The van der Waals surface area contributed by atoms with Crippen molar-refractivity contribution in [2.75, 3.05) is 33.3 Å². The lowest BCUT2D eigenvalue weighted by Gasteiger charge is -2.22. The second-order valence-electron chi connectivity index (χ2n) is 8.34. The Hall–Kier alpha value is -2.04. The third-order valence-electron chi connectivity index (χ3n) is 5.52.